The summed E-state index contributed by atoms with van der Waals surface area (Å²) in [6, 6.07) is 5.04. The molecule has 1 aliphatic heterocycles. The van der Waals surface area contributed by atoms with Gasteiger partial charge >= 0.3 is 0 Å². The molecule has 3 rings (SSSR count). The van der Waals surface area contributed by atoms with Crippen LogP contribution in [0.15, 0.2) is 30.0 Å². The van der Waals surface area contributed by atoms with Crippen LogP contribution in [0.1, 0.15) is 37.7 Å². The number of non-ortho nitro benzene ring substituents is 1. The minimum Gasteiger partial charge on any atom is -0.347 e. The molecule has 1 spiro atoms. The Morgan fingerprint density at radius 1 is 1.29 bits per heavy atom. The van der Waals surface area contributed by atoms with Crippen molar-refractivity contribution in [3.8, 4) is 0 Å². The summed E-state index contributed by atoms with van der Waals surface area (Å²) in [7, 11) is 1.93. The number of hydrogen-bond acceptors (Lipinski definition) is 4. The number of rotatable bonds is 2. The van der Waals surface area contributed by atoms with Gasteiger partial charge in [-0.05, 0) is 30.5 Å². The van der Waals surface area contributed by atoms with Crippen molar-refractivity contribution in [2.75, 3.05) is 11.9 Å². The van der Waals surface area contributed by atoms with Gasteiger partial charge < -0.3 is 4.90 Å². The molecule has 110 valence electrons. The van der Waals surface area contributed by atoms with Crippen molar-refractivity contribution in [1.82, 2.24) is 0 Å². The van der Waals surface area contributed by atoms with Crippen molar-refractivity contribution >= 4 is 17.7 Å². The summed E-state index contributed by atoms with van der Waals surface area (Å²) in [6.45, 7) is 0. The number of likely N-dealkylation sites (N-methyl/N-ethyl adjacent to an activating group) is 1. The molecule has 1 heterocycles. The second-order valence-electron chi connectivity index (χ2n) is 5.85. The molecule has 0 radical (unpaired) electrons. The average molecular weight is 286 g/mol. The van der Waals surface area contributed by atoms with Gasteiger partial charge in [-0.1, -0.05) is 19.3 Å². The highest BCUT2D eigenvalue weighted by molar-refractivity contribution is 5.78. The Balaban J connectivity index is 2.21. The molecule has 1 aromatic rings. The maximum atomic E-state index is 11.1. The molecular weight excluding hydrogens is 268 g/mol. The largest absolute Gasteiger partial charge is 0.347 e. The van der Waals surface area contributed by atoms with Gasteiger partial charge in [0.05, 0.1) is 4.92 Å². The van der Waals surface area contributed by atoms with Crippen molar-refractivity contribution in [3.05, 3.63) is 45.6 Å². The smallest absolute Gasteiger partial charge is 0.269 e. The van der Waals surface area contributed by atoms with Crippen molar-refractivity contribution in [1.29, 1.82) is 0 Å². The molecule has 0 saturated heterocycles. The van der Waals surface area contributed by atoms with Crippen LogP contribution in [-0.2, 0) is 10.2 Å². The third-order valence-electron chi connectivity index (χ3n) is 4.85. The topological polar surface area (TPSA) is 63.5 Å². The second kappa shape index (κ2) is 4.98. The highest BCUT2D eigenvalue weighted by atomic mass is 16.6. The molecular formula is C16H18N2O3. The molecule has 1 saturated carbocycles. The summed E-state index contributed by atoms with van der Waals surface area (Å²) in [5, 5.41) is 11.1. The van der Waals surface area contributed by atoms with Crippen LogP contribution >= 0.6 is 0 Å². The van der Waals surface area contributed by atoms with E-state index >= 15 is 0 Å². The fraction of sp³-hybridized carbons (Fsp3) is 0.438. The van der Waals surface area contributed by atoms with Crippen LogP contribution in [0, 0.1) is 10.1 Å². The third-order valence-corrected chi connectivity index (χ3v) is 4.85. The van der Waals surface area contributed by atoms with Crippen LogP contribution in [0.2, 0.25) is 0 Å². The average Bonchev–Trinajstić information content (AvgIpc) is 2.71. The molecule has 1 aliphatic carbocycles. The lowest BCUT2D eigenvalue weighted by Gasteiger charge is -2.36. The van der Waals surface area contributed by atoms with E-state index in [1.54, 1.807) is 18.2 Å². The normalized spacial score (nSPS) is 21.6. The molecule has 1 fully saturated rings. The first kappa shape index (κ1) is 13.8. The number of nitrogens with zero attached hydrogens (tertiary/aromatic N) is 2. The van der Waals surface area contributed by atoms with Crippen molar-refractivity contribution in [2.24, 2.45) is 0 Å². The molecule has 0 N–H and O–H groups in total. The van der Waals surface area contributed by atoms with E-state index in [2.05, 4.69) is 0 Å². The van der Waals surface area contributed by atoms with Crippen LogP contribution in [0.4, 0.5) is 11.4 Å². The number of hydrogen-bond donors (Lipinski definition) is 0. The van der Waals surface area contributed by atoms with E-state index < -0.39 is 0 Å². The van der Waals surface area contributed by atoms with E-state index in [1.807, 2.05) is 11.9 Å². The monoisotopic (exact) mass is 286 g/mol. The van der Waals surface area contributed by atoms with Gasteiger partial charge in [0.25, 0.3) is 5.69 Å². The summed E-state index contributed by atoms with van der Waals surface area (Å²) in [5.74, 6) is 0. The zero-order chi connectivity index (χ0) is 15.0. The molecule has 2 aliphatic rings. The molecule has 0 bridgehead atoms. The Hall–Kier alpha value is -2.17. The van der Waals surface area contributed by atoms with Crippen molar-refractivity contribution < 1.29 is 9.72 Å². The first-order valence-corrected chi connectivity index (χ1v) is 7.29. The van der Waals surface area contributed by atoms with E-state index in [4.69, 9.17) is 0 Å². The Morgan fingerprint density at radius 3 is 2.62 bits per heavy atom. The van der Waals surface area contributed by atoms with Gasteiger partial charge in [0, 0.05) is 36.0 Å². The maximum Gasteiger partial charge on any atom is 0.269 e. The molecule has 0 aromatic heterocycles. The maximum absolute atomic E-state index is 11.1. The summed E-state index contributed by atoms with van der Waals surface area (Å²) < 4.78 is 0. The molecule has 5 nitrogen and oxygen atoms in total. The first-order chi connectivity index (χ1) is 10.1. The lowest BCUT2D eigenvalue weighted by molar-refractivity contribution is -0.384. The van der Waals surface area contributed by atoms with Crippen molar-refractivity contribution in [2.45, 2.75) is 37.5 Å². The van der Waals surface area contributed by atoms with Crippen molar-refractivity contribution in [3.63, 3.8) is 0 Å². The predicted molar refractivity (Wildman–Crippen MR) is 80.4 cm³/mol. The SMILES string of the molecule is CN1/C(=C/C=O)C2(CCCCC2)c2cc([N+](=O)[O-])ccc21. The first-order valence-electron chi connectivity index (χ1n) is 7.29. The highest BCUT2D eigenvalue weighted by Crippen LogP contribution is 2.55. The second-order valence-corrected chi connectivity index (χ2v) is 5.85. The predicted octanol–water partition coefficient (Wildman–Crippen LogP) is 3.33. The molecule has 5 heteroatoms. The molecule has 1 aromatic carbocycles. The van der Waals surface area contributed by atoms with E-state index in [1.165, 1.54) is 12.5 Å². The number of carbonyl (C=O) groups excluding carboxylic acids is 1. The van der Waals surface area contributed by atoms with E-state index in [-0.39, 0.29) is 16.0 Å². The van der Waals surface area contributed by atoms with Crippen LogP contribution in [-0.4, -0.2) is 18.3 Å². The van der Waals surface area contributed by atoms with Crippen LogP contribution < -0.4 is 4.90 Å². The minimum atomic E-state index is -0.349. The number of allylic oxidation sites excluding steroid dienone is 2. The van der Waals surface area contributed by atoms with Gasteiger partial charge in [-0.3, -0.25) is 14.9 Å². The number of aldehydes is 1. The van der Waals surface area contributed by atoms with Gasteiger partial charge in [0.2, 0.25) is 0 Å². The van der Waals surface area contributed by atoms with Gasteiger partial charge in [0.15, 0.2) is 0 Å². The molecule has 21 heavy (non-hydrogen) atoms. The fourth-order valence-corrected chi connectivity index (χ4v) is 3.92. The standard InChI is InChI=1S/C16H18N2O3/c1-17-14-6-5-12(18(20)21)11-13(14)16(15(17)7-10-19)8-3-2-4-9-16/h5-7,10-11H,2-4,8-9H2,1H3/b15-7+. The number of nitro benzene ring substituents is 1. The van der Waals surface area contributed by atoms with Gasteiger partial charge in [-0.2, -0.15) is 0 Å². The van der Waals surface area contributed by atoms with Crippen LogP contribution in [0.25, 0.3) is 0 Å². The Morgan fingerprint density at radius 2 is 2.00 bits per heavy atom. The lowest BCUT2D eigenvalue weighted by Crippen LogP contribution is -2.32. The lowest BCUT2D eigenvalue weighted by atomic mass is 9.68. The third kappa shape index (κ3) is 1.95. The van der Waals surface area contributed by atoms with Gasteiger partial charge in [-0.15, -0.1) is 0 Å². The Kier molecular flexibility index (Phi) is 3.27. The molecule has 0 atom stereocenters. The fourth-order valence-electron chi connectivity index (χ4n) is 3.92. The number of carbonyl (C=O) groups is 1. The summed E-state index contributed by atoms with van der Waals surface area (Å²) >= 11 is 0. The number of benzene rings is 1. The van der Waals surface area contributed by atoms with Gasteiger partial charge in [-0.25, -0.2) is 0 Å². The van der Waals surface area contributed by atoms with E-state index in [0.717, 1.165) is 48.9 Å². The summed E-state index contributed by atoms with van der Waals surface area (Å²) in [5.41, 5.74) is 2.87. The molecule has 0 unspecified atom stereocenters. The number of nitro groups is 1. The number of fused-ring (bicyclic) bond motifs is 2. The van der Waals surface area contributed by atoms with E-state index in [9.17, 15) is 14.9 Å². The number of anilines is 1. The zero-order valence-electron chi connectivity index (χ0n) is 12.0. The summed E-state index contributed by atoms with van der Waals surface area (Å²) in [4.78, 5) is 23.8. The van der Waals surface area contributed by atoms with Crippen LogP contribution in [0.5, 0.6) is 0 Å². The van der Waals surface area contributed by atoms with E-state index in [0.29, 0.717) is 0 Å². The molecule has 0 amide bonds. The van der Waals surface area contributed by atoms with Crippen LogP contribution in [0.3, 0.4) is 0 Å². The summed E-state index contributed by atoms with van der Waals surface area (Å²) in [6.07, 6.45) is 7.71. The minimum absolute atomic E-state index is 0.124. The Labute approximate surface area is 123 Å². The van der Waals surface area contributed by atoms with Gasteiger partial charge in [0.1, 0.15) is 6.29 Å². The quantitative estimate of drug-likeness (QED) is 0.362. The zero-order valence-corrected chi connectivity index (χ0v) is 12.0. The highest BCUT2D eigenvalue weighted by Gasteiger charge is 2.46. The Bertz CT molecular complexity index is 630.